The molecule has 6 nitrogen and oxygen atoms in total. The Hall–Kier alpha value is -3.28. The molecule has 0 bridgehead atoms. The van der Waals surface area contributed by atoms with E-state index in [1.54, 1.807) is 18.2 Å². The lowest BCUT2D eigenvalue weighted by molar-refractivity contribution is 0.628. The lowest BCUT2D eigenvalue weighted by Gasteiger charge is -2.06. The fraction of sp³-hybridized carbons (Fsp3) is 0. The van der Waals surface area contributed by atoms with Crippen LogP contribution in [0.2, 0.25) is 5.02 Å². The van der Waals surface area contributed by atoms with E-state index >= 15 is 0 Å². The first-order valence-electron chi connectivity index (χ1n) is 7.70. The number of rotatable bonds is 4. The molecule has 0 radical (unpaired) electrons. The summed E-state index contributed by atoms with van der Waals surface area (Å²) < 4.78 is 14.1. The lowest BCUT2D eigenvalue weighted by atomic mass is 10.3. The SMILES string of the molecule is [C-]#[N+]c1ccc(Nc2nc3ncnc(Nc4ccc(F)c(Cl)c4)c3s2)cc1. The predicted octanol–water partition coefficient (Wildman–Crippen LogP) is 5.92. The van der Waals surface area contributed by atoms with Crippen molar-refractivity contribution >= 4 is 61.3 Å². The summed E-state index contributed by atoms with van der Waals surface area (Å²) in [5, 5.41) is 6.97. The molecule has 0 atom stereocenters. The minimum atomic E-state index is -0.483. The van der Waals surface area contributed by atoms with Gasteiger partial charge in [0.2, 0.25) is 0 Å². The third-order valence-corrected chi connectivity index (χ3v) is 4.88. The van der Waals surface area contributed by atoms with Crippen molar-refractivity contribution in [3.63, 3.8) is 0 Å². The summed E-state index contributed by atoms with van der Waals surface area (Å²) in [6.45, 7) is 6.99. The van der Waals surface area contributed by atoms with Crippen LogP contribution in [-0.2, 0) is 0 Å². The minimum absolute atomic E-state index is 0.0276. The van der Waals surface area contributed by atoms with E-state index in [1.165, 1.54) is 29.8 Å². The van der Waals surface area contributed by atoms with Crippen LogP contribution in [0.1, 0.15) is 0 Å². The van der Waals surface area contributed by atoms with Crippen LogP contribution in [0.3, 0.4) is 0 Å². The summed E-state index contributed by atoms with van der Waals surface area (Å²) in [6, 6.07) is 11.4. The van der Waals surface area contributed by atoms with Crippen LogP contribution in [0, 0.1) is 12.4 Å². The molecule has 2 aromatic heterocycles. The first kappa shape index (κ1) is 17.1. The molecule has 2 aromatic carbocycles. The Morgan fingerprint density at radius 1 is 1.04 bits per heavy atom. The van der Waals surface area contributed by atoms with Crippen LogP contribution < -0.4 is 10.6 Å². The normalized spacial score (nSPS) is 10.6. The highest BCUT2D eigenvalue weighted by Crippen LogP contribution is 2.33. The van der Waals surface area contributed by atoms with Gasteiger partial charge in [0.25, 0.3) is 0 Å². The molecule has 4 aromatic rings. The topological polar surface area (TPSA) is 67.1 Å². The zero-order chi connectivity index (χ0) is 18.8. The average molecular weight is 397 g/mol. The largest absolute Gasteiger partial charge is 0.339 e. The molecule has 0 amide bonds. The van der Waals surface area contributed by atoms with E-state index in [4.69, 9.17) is 18.2 Å². The number of nitrogens with zero attached hydrogens (tertiary/aromatic N) is 4. The molecule has 0 aliphatic carbocycles. The number of aromatic nitrogens is 3. The van der Waals surface area contributed by atoms with E-state index < -0.39 is 5.82 Å². The van der Waals surface area contributed by atoms with Gasteiger partial charge in [-0.15, -0.1) is 0 Å². The molecule has 4 rings (SSSR count). The second kappa shape index (κ2) is 7.15. The summed E-state index contributed by atoms with van der Waals surface area (Å²) in [5.41, 5.74) is 2.53. The molecule has 9 heteroatoms. The van der Waals surface area contributed by atoms with Crippen LogP contribution in [0.4, 0.5) is 32.4 Å². The highest BCUT2D eigenvalue weighted by molar-refractivity contribution is 7.22. The molecule has 0 aliphatic rings. The van der Waals surface area contributed by atoms with Crippen LogP contribution in [-0.4, -0.2) is 15.0 Å². The number of nitrogens with one attached hydrogen (secondary N) is 2. The monoisotopic (exact) mass is 396 g/mol. The Morgan fingerprint density at radius 2 is 1.81 bits per heavy atom. The van der Waals surface area contributed by atoms with Crippen LogP contribution in [0.15, 0.2) is 48.8 Å². The van der Waals surface area contributed by atoms with Crippen LogP contribution in [0.5, 0.6) is 0 Å². The Bertz CT molecular complexity index is 1170. The molecule has 0 fully saturated rings. The van der Waals surface area contributed by atoms with Crippen molar-refractivity contribution in [1.29, 1.82) is 0 Å². The van der Waals surface area contributed by atoms with Gasteiger partial charge in [0, 0.05) is 11.4 Å². The van der Waals surface area contributed by atoms with Crippen molar-refractivity contribution in [2.24, 2.45) is 0 Å². The highest BCUT2D eigenvalue weighted by Gasteiger charge is 2.12. The van der Waals surface area contributed by atoms with E-state index in [-0.39, 0.29) is 5.02 Å². The van der Waals surface area contributed by atoms with Crippen molar-refractivity contribution in [1.82, 2.24) is 15.0 Å². The number of hydrogen-bond donors (Lipinski definition) is 2. The molecule has 0 saturated heterocycles. The van der Waals surface area contributed by atoms with Crippen molar-refractivity contribution < 1.29 is 4.39 Å². The van der Waals surface area contributed by atoms with Crippen molar-refractivity contribution in [2.75, 3.05) is 10.6 Å². The predicted molar refractivity (Wildman–Crippen MR) is 106 cm³/mol. The van der Waals surface area contributed by atoms with Gasteiger partial charge in [-0.1, -0.05) is 35.1 Å². The van der Waals surface area contributed by atoms with E-state index in [9.17, 15) is 4.39 Å². The van der Waals surface area contributed by atoms with Crippen molar-refractivity contribution in [2.45, 2.75) is 0 Å². The number of halogens is 2. The van der Waals surface area contributed by atoms with Gasteiger partial charge in [-0.05, 0) is 30.3 Å². The fourth-order valence-electron chi connectivity index (χ4n) is 2.35. The average Bonchev–Trinajstić information content (AvgIpc) is 3.09. The van der Waals surface area contributed by atoms with Crippen molar-refractivity contribution in [3.8, 4) is 0 Å². The van der Waals surface area contributed by atoms with Crippen LogP contribution >= 0.6 is 22.9 Å². The van der Waals surface area contributed by atoms with Gasteiger partial charge >= 0.3 is 0 Å². The van der Waals surface area contributed by atoms with Crippen molar-refractivity contribution in [3.05, 3.63) is 71.0 Å². The van der Waals surface area contributed by atoms with Gasteiger partial charge < -0.3 is 10.6 Å². The molecule has 2 N–H and O–H groups in total. The highest BCUT2D eigenvalue weighted by atomic mass is 35.5. The quantitative estimate of drug-likeness (QED) is 0.419. The maximum atomic E-state index is 13.3. The third-order valence-electron chi connectivity index (χ3n) is 3.62. The van der Waals surface area contributed by atoms with E-state index in [0.717, 1.165) is 10.4 Å². The number of anilines is 4. The molecule has 0 spiro atoms. The third kappa shape index (κ3) is 3.65. The second-order valence-electron chi connectivity index (χ2n) is 5.43. The fourth-order valence-corrected chi connectivity index (χ4v) is 3.41. The van der Waals surface area contributed by atoms with Gasteiger partial charge in [0.05, 0.1) is 11.6 Å². The first-order chi connectivity index (χ1) is 13.1. The Labute approximate surface area is 162 Å². The lowest BCUT2D eigenvalue weighted by Crippen LogP contribution is -1.95. The number of thiazole rings is 1. The Kier molecular flexibility index (Phi) is 4.54. The summed E-state index contributed by atoms with van der Waals surface area (Å²) in [5.74, 6) is 0.0696. The van der Waals surface area contributed by atoms with Gasteiger partial charge in [-0.2, -0.15) is 4.98 Å². The summed E-state index contributed by atoms with van der Waals surface area (Å²) in [4.78, 5) is 16.3. The van der Waals surface area contributed by atoms with E-state index in [2.05, 4.69) is 30.4 Å². The Morgan fingerprint density at radius 3 is 2.56 bits per heavy atom. The maximum absolute atomic E-state index is 13.3. The molecule has 2 heterocycles. The minimum Gasteiger partial charge on any atom is -0.339 e. The number of hydrogen-bond acceptors (Lipinski definition) is 6. The van der Waals surface area contributed by atoms with E-state index in [0.29, 0.717) is 28.0 Å². The number of fused-ring (bicyclic) bond motifs is 1. The summed E-state index contributed by atoms with van der Waals surface area (Å²) in [6.07, 6.45) is 1.41. The second-order valence-corrected chi connectivity index (χ2v) is 6.84. The standard InChI is InChI=1S/C18H10ClFN6S/c1-21-10-2-4-11(5-3-10)25-18-26-17-15(27-18)16(22-9-23-17)24-12-6-7-14(20)13(19)8-12/h2-9H,(H2,22,23,24,25,26). The van der Waals surface area contributed by atoms with Gasteiger partial charge in [0.15, 0.2) is 22.3 Å². The summed E-state index contributed by atoms with van der Waals surface area (Å²) >= 11 is 7.21. The zero-order valence-electron chi connectivity index (χ0n) is 13.6. The number of benzene rings is 2. The molecule has 132 valence electrons. The zero-order valence-corrected chi connectivity index (χ0v) is 15.1. The smallest absolute Gasteiger partial charge is 0.189 e. The first-order valence-corrected chi connectivity index (χ1v) is 8.90. The molecular formula is C18H10ClFN6S. The Balaban J connectivity index is 1.63. The summed E-state index contributed by atoms with van der Waals surface area (Å²) in [7, 11) is 0. The molecule has 27 heavy (non-hydrogen) atoms. The molecule has 0 aliphatic heterocycles. The molecule has 0 saturated carbocycles. The van der Waals surface area contributed by atoms with Gasteiger partial charge in [-0.25, -0.2) is 19.2 Å². The molecular weight excluding hydrogens is 387 g/mol. The van der Waals surface area contributed by atoms with Crippen LogP contribution in [0.25, 0.3) is 15.2 Å². The maximum Gasteiger partial charge on any atom is 0.189 e. The molecule has 0 unspecified atom stereocenters. The van der Waals surface area contributed by atoms with Gasteiger partial charge in [-0.3, -0.25) is 0 Å². The van der Waals surface area contributed by atoms with E-state index in [1.807, 2.05) is 12.1 Å². The van der Waals surface area contributed by atoms with Gasteiger partial charge in [0.1, 0.15) is 16.8 Å².